The molecule has 0 saturated carbocycles. The van der Waals surface area contributed by atoms with Crippen LogP contribution in [0.5, 0.6) is 0 Å². The summed E-state index contributed by atoms with van der Waals surface area (Å²) < 4.78 is 43.8. The van der Waals surface area contributed by atoms with E-state index in [1.807, 2.05) is 13.8 Å². The van der Waals surface area contributed by atoms with Crippen molar-refractivity contribution < 1.29 is 17.5 Å². The van der Waals surface area contributed by atoms with Gasteiger partial charge in [0.1, 0.15) is 5.82 Å². The topological polar surface area (TPSA) is 72.6 Å². The highest BCUT2D eigenvalue weighted by Gasteiger charge is 2.21. The second-order valence-corrected chi connectivity index (χ2v) is 6.47. The van der Waals surface area contributed by atoms with Gasteiger partial charge in [-0.25, -0.2) is 12.8 Å². The maximum atomic E-state index is 13.0. The first kappa shape index (κ1) is 15.9. The van der Waals surface area contributed by atoms with Gasteiger partial charge in [0.15, 0.2) is 0 Å². The highest BCUT2D eigenvalue weighted by Crippen LogP contribution is 2.19. The molecule has 0 heterocycles. The second-order valence-electron chi connectivity index (χ2n) is 4.43. The standard InChI is InChI=1S/C12H19FN2O3S/c1-9(2)18-7-6-15(3)19(16,17)10-4-5-11(13)12(14)8-10/h4-5,8-9H,6-7,14H2,1-3H3. The lowest BCUT2D eigenvalue weighted by molar-refractivity contribution is 0.0737. The van der Waals surface area contributed by atoms with Crippen LogP contribution in [0.2, 0.25) is 0 Å². The van der Waals surface area contributed by atoms with E-state index < -0.39 is 15.8 Å². The van der Waals surface area contributed by atoms with Crippen LogP contribution in [0.1, 0.15) is 13.8 Å². The SMILES string of the molecule is CC(C)OCCN(C)S(=O)(=O)c1ccc(F)c(N)c1. The molecule has 1 aromatic carbocycles. The molecule has 0 aliphatic heterocycles. The number of nitrogens with zero attached hydrogens (tertiary/aromatic N) is 1. The predicted molar refractivity (Wildman–Crippen MR) is 71.7 cm³/mol. The van der Waals surface area contributed by atoms with Crippen molar-refractivity contribution in [2.75, 3.05) is 25.9 Å². The van der Waals surface area contributed by atoms with E-state index >= 15 is 0 Å². The summed E-state index contributed by atoms with van der Waals surface area (Å²) >= 11 is 0. The average Bonchev–Trinajstić information content (AvgIpc) is 2.31. The van der Waals surface area contributed by atoms with Gasteiger partial charge in [0.2, 0.25) is 10.0 Å². The molecule has 0 amide bonds. The molecular weight excluding hydrogens is 271 g/mol. The van der Waals surface area contributed by atoms with Gasteiger partial charge < -0.3 is 10.5 Å². The van der Waals surface area contributed by atoms with E-state index in [1.54, 1.807) is 0 Å². The van der Waals surface area contributed by atoms with Crippen LogP contribution in [-0.4, -0.2) is 39.0 Å². The highest BCUT2D eigenvalue weighted by atomic mass is 32.2. The molecule has 108 valence electrons. The van der Waals surface area contributed by atoms with Gasteiger partial charge in [0.05, 0.1) is 23.3 Å². The largest absolute Gasteiger partial charge is 0.396 e. The number of benzene rings is 1. The van der Waals surface area contributed by atoms with Crippen molar-refractivity contribution >= 4 is 15.7 Å². The Morgan fingerprint density at radius 2 is 2.05 bits per heavy atom. The van der Waals surface area contributed by atoms with Crippen molar-refractivity contribution in [2.24, 2.45) is 0 Å². The number of nitrogens with two attached hydrogens (primary N) is 1. The van der Waals surface area contributed by atoms with Gasteiger partial charge in [-0.3, -0.25) is 0 Å². The third kappa shape index (κ3) is 4.15. The zero-order valence-corrected chi connectivity index (χ0v) is 12.1. The first-order valence-electron chi connectivity index (χ1n) is 5.88. The Morgan fingerprint density at radius 1 is 1.42 bits per heavy atom. The number of anilines is 1. The van der Waals surface area contributed by atoms with Gasteiger partial charge >= 0.3 is 0 Å². The summed E-state index contributed by atoms with van der Waals surface area (Å²) in [4.78, 5) is -0.0292. The molecule has 5 nitrogen and oxygen atoms in total. The minimum absolute atomic E-state index is 0.0292. The average molecular weight is 290 g/mol. The van der Waals surface area contributed by atoms with Gasteiger partial charge in [-0.05, 0) is 32.0 Å². The van der Waals surface area contributed by atoms with Gasteiger partial charge in [0.25, 0.3) is 0 Å². The summed E-state index contributed by atoms with van der Waals surface area (Å²) in [6.45, 7) is 4.26. The van der Waals surface area contributed by atoms with Crippen LogP contribution in [0.15, 0.2) is 23.1 Å². The molecule has 1 rings (SSSR count). The molecule has 1 aromatic rings. The first-order chi connectivity index (χ1) is 8.75. The van der Waals surface area contributed by atoms with E-state index in [0.29, 0.717) is 6.61 Å². The lowest BCUT2D eigenvalue weighted by atomic mass is 10.3. The van der Waals surface area contributed by atoms with Gasteiger partial charge in [-0.2, -0.15) is 4.31 Å². The van der Waals surface area contributed by atoms with Crippen LogP contribution in [-0.2, 0) is 14.8 Å². The quantitative estimate of drug-likeness (QED) is 0.805. The minimum Gasteiger partial charge on any atom is -0.396 e. The molecule has 2 N–H and O–H groups in total. The molecule has 0 atom stereocenters. The Hall–Kier alpha value is -1.18. The normalized spacial score (nSPS) is 12.3. The van der Waals surface area contributed by atoms with E-state index in [0.717, 1.165) is 16.4 Å². The lowest BCUT2D eigenvalue weighted by Gasteiger charge is -2.18. The van der Waals surface area contributed by atoms with Crippen LogP contribution in [0, 0.1) is 5.82 Å². The fourth-order valence-electron chi connectivity index (χ4n) is 1.40. The maximum Gasteiger partial charge on any atom is 0.242 e. The second kappa shape index (κ2) is 6.31. The molecule has 0 aromatic heterocycles. The van der Waals surface area contributed by atoms with E-state index in [-0.39, 0.29) is 23.2 Å². The van der Waals surface area contributed by atoms with Crippen molar-refractivity contribution in [3.05, 3.63) is 24.0 Å². The number of ether oxygens (including phenoxy) is 1. The predicted octanol–water partition coefficient (Wildman–Crippen LogP) is 1.45. The molecule has 0 aliphatic carbocycles. The number of nitrogen functional groups attached to an aromatic ring is 1. The van der Waals surface area contributed by atoms with Crippen LogP contribution in [0.25, 0.3) is 0 Å². The Morgan fingerprint density at radius 3 is 2.58 bits per heavy atom. The zero-order chi connectivity index (χ0) is 14.6. The molecule has 0 bridgehead atoms. The van der Waals surface area contributed by atoms with Crippen molar-refractivity contribution in [3.8, 4) is 0 Å². The number of rotatable bonds is 6. The Bertz CT molecular complexity index is 532. The van der Waals surface area contributed by atoms with Gasteiger partial charge in [-0.1, -0.05) is 0 Å². The number of hydrogen-bond donors (Lipinski definition) is 1. The molecule has 0 aliphatic rings. The fourth-order valence-corrected chi connectivity index (χ4v) is 2.59. The third-order valence-electron chi connectivity index (χ3n) is 2.53. The number of likely N-dealkylation sites (N-methyl/N-ethyl adjacent to an activating group) is 1. The molecule has 0 fully saturated rings. The first-order valence-corrected chi connectivity index (χ1v) is 7.32. The Labute approximate surface area is 113 Å². The maximum absolute atomic E-state index is 13.0. The smallest absolute Gasteiger partial charge is 0.242 e. The monoisotopic (exact) mass is 290 g/mol. The van der Waals surface area contributed by atoms with Gasteiger partial charge in [-0.15, -0.1) is 0 Å². The Kier molecular flexibility index (Phi) is 5.28. The van der Waals surface area contributed by atoms with Crippen LogP contribution >= 0.6 is 0 Å². The molecule has 0 spiro atoms. The van der Waals surface area contributed by atoms with Crippen molar-refractivity contribution in [2.45, 2.75) is 24.8 Å². The third-order valence-corrected chi connectivity index (χ3v) is 4.39. The molecule has 0 radical (unpaired) electrons. The molecule has 0 unspecified atom stereocenters. The summed E-state index contributed by atoms with van der Waals surface area (Å²) in [5.74, 6) is -0.634. The van der Waals surface area contributed by atoms with E-state index in [1.165, 1.54) is 13.1 Å². The fraction of sp³-hybridized carbons (Fsp3) is 0.500. The molecule has 7 heteroatoms. The van der Waals surface area contributed by atoms with Crippen molar-refractivity contribution in [1.82, 2.24) is 4.31 Å². The highest BCUT2D eigenvalue weighted by molar-refractivity contribution is 7.89. The van der Waals surface area contributed by atoms with Crippen LogP contribution in [0.3, 0.4) is 0 Å². The Balaban J connectivity index is 2.81. The summed E-state index contributed by atoms with van der Waals surface area (Å²) in [7, 11) is -2.23. The molecule has 0 saturated heterocycles. The number of hydrogen-bond acceptors (Lipinski definition) is 4. The van der Waals surface area contributed by atoms with Gasteiger partial charge in [0, 0.05) is 13.6 Å². The van der Waals surface area contributed by atoms with Crippen molar-refractivity contribution in [1.29, 1.82) is 0 Å². The van der Waals surface area contributed by atoms with E-state index in [2.05, 4.69) is 0 Å². The minimum atomic E-state index is -3.67. The summed E-state index contributed by atoms with van der Waals surface area (Å²) in [6, 6.07) is 3.35. The lowest BCUT2D eigenvalue weighted by Crippen LogP contribution is -2.31. The number of halogens is 1. The molecular formula is C12H19FN2O3S. The van der Waals surface area contributed by atoms with Crippen LogP contribution < -0.4 is 5.73 Å². The summed E-state index contributed by atoms with van der Waals surface area (Å²) in [5.41, 5.74) is 5.19. The van der Waals surface area contributed by atoms with Crippen molar-refractivity contribution in [3.63, 3.8) is 0 Å². The van der Waals surface area contributed by atoms with Crippen LogP contribution in [0.4, 0.5) is 10.1 Å². The zero-order valence-electron chi connectivity index (χ0n) is 11.3. The summed E-state index contributed by atoms with van der Waals surface area (Å²) in [5, 5.41) is 0. The molecule has 19 heavy (non-hydrogen) atoms. The summed E-state index contributed by atoms with van der Waals surface area (Å²) in [6.07, 6.45) is 0.0394. The van der Waals surface area contributed by atoms with E-state index in [4.69, 9.17) is 10.5 Å². The van der Waals surface area contributed by atoms with E-state index in [9.17, 15) is 12.8 Å². The number of sulfonamides is 1.